The normalized spacial score (nSPS) is 13.1. The molecule has 0 aromatic heterocycles. The molecule has 288 valence electrons. The van der Waals surface area contributed by atoms with Crippen LogP contribution >= 0.6 is 0 Å². The first kappa shape index (κ1) is 47.4. The average molecular weight is 681 g/mol. The van der Waals surface area contributed by atoms with Crippen LogP contribution in [0, 0.1) is 10.8 Å². The standard InChI is InChI=1S/C44H88O4/c1-12-14-16-18-20-22-24-26-28-30-32-39(33-31-29-27-25-23-21-19-17-15-13-2)48-40(45)42(5,6)38-41(3,4)34-35-44(9,10)47-37-36-43(7,8)46-11/h39H,12-38H2,1-11H3. The van der Waals surface area contributed by atoms with Crippen molar-refractivity contribution in [3.63, 3.8) is 0 Å². The first-order valence-electron chi connectivity index (χ1n) is 21.0. The van der Waals surface area contributed by atoms with E-state index in [1.807, 2.05) is 0 Å². The number of esters is 1. The van der Waals surface area contributed by atoms with Crippen LogP contribution in [0.25, 0.3) is 0 Å². The predicted molar refractivity (Wildman–Crippen MR) is 210 cm³/mol. The van der Waals surface area contributed by atoms with Crippen molar-refractivity contribution in [3.8, 4) is 0 Å². The van der Waals surface area contributed by atoms with Crippen LogP contribution in [0.15, 0.2) is 0 Å². The van der Waals surface area contributed by atoms with Gasteiger partial charge in [0.05, 0.1) is 23.2 Å². The first-order valence-corrected chi connectivity index (χ1v) is 21.0. The van der Waals surface area contributed by atoms with Gasteiger partial charge in [0.1, 0.15) is 6.10 Å². The Morgan fingerprint density at radius 3 is 1.31 bits per heavy atom. The maximum Gasteiger partial charge on any atom is 0.311 e. The van der Waals surface area contributed by atoms with Crippen LogP contribution in [-0.2, 0) is 19.0 Å². The molecule has 0 aliphatic carbocycles. The first-order chi connectivity index (χ1) is 22.6. The van der Waals surface area contributed by atoms with Crippen molar-refractivity contribution in [1.29, 1.82) is 0 Å². The molecule has 4 heteroatoms. The molecular formula is C44H88O4. The van der Waals surface area contributed by atoms with Gasteiger partial charge in [-0.1, -0.05) is 143 Å². The molecule has 0 atom stereocenters. The molecule has 0 aliphatic heterocycles. The molecule has 0 unspecified atom stereocenters. The van der Waals surface area contributed by atoms with Crippen molar-refractivity contribution < 1.29 is 19.0 Å². The molecule has 0 rings (SSSR count). The van der Waals surface area contributed by atoms with Gasteiger partial charge in [0.15, 0.2) is 0 Å². The predicted octanol–water partition coefficient (Wildman–Crippen LogP) is 14.4. The lowest BCUT2D eigenvalue weighted by atomic mass is 9.71. The van der Waals surface area contributed by atoms with Gasteiger partial charge in [-0.2, -0.15) is 0 Å². The molecule has 0 bridgehead atoms. The number of carbonyl (C=O) groups excluding carboxylic acids is 1. The van der Waals surface area contributed by atoms with E-state index in [0.717, 1.165) is 38.5 Å². The zero-order valence-corrected chi connectivity index (χ0v) is 34.8. The minimum atomic E-state index is -0.509. The van der Waals surface area contributed by atoms with Crippen molar-refractivity contribution in [2.75, 3.05) is 13.7 Å². The molecule has 0 amide bonds. The molecule has 0 aliphatic rings. The van der Waals surface area contributed by atoms with Crippen LogP contribution in [0.5, 0.6) is 0 Å². The lowest BCUT2D eigenvalue weighted by Crippen LogP contribution is -2.36. The van der Waals surface area contributed by atoms with Crippen LogP contribution in [0.4, 0.5) is 0 Å². The van der Waals surface area contributed by atoms with Crippen molar-refractivity contribution >= 4 is 5.97 Å². The Bertz CT molecular complexity index is 729. The van der Waals surface area contributed by atoms with Gasteiger partial charge in [-0.3, -0.25) is 4.79 Å². The van der Waals surface area contributed by atoms with Crippen LogP contribution in [0.3, 0.4) is 0 Å². The Kier molecular flexibility index (Phi) is 26.8. The molecule has 0 aromatic carbocycles. The maximum absolute atomic E-state index is 13.7. The maximum atomic E-state index is 13.7. The quantitative estimate of drug-likeness (QED) is 0.0501. The Morgan fingerprint density at radius 2 is 0.917 bits per heavy atom. The summed E-state index contributed by atoms with van der Waals surface area (Å²) in [5.74, 6) is -0.00274. The van der Waals surface area contributed by atoms with Crippen LogP contribution in [0.1, 0.15) is 236 Å². The van der Waals surface area contributed by atoms with Gasteiger partial charge in [0, 0.05) is 7.11 Å². The Balaban J connectivity index is 4.87. The van der Waals surface area contributed by atoms with Gasteiger partial charge in [0.25, 0.3) is 0 Å². The van der Waals surface area contributed by atoms with Crippen LogP contribution in [0.2, 0.25) is 0 Å². The molecule has 4 nitrogen and oxygen atoms in total. The van der Waals surface area contributed by atoms with Crippen molar-refractivity contribution in [3.05, 3.63) is 0 Å². The molecule has 48 heavy (non-hydrogen) atoms. The highest BCUT2D eigenvalue weighted by molar-refractivity contribution is 5.76. The highest BCUT2D eigenvalue weighted by atomic mass is 16.5. The summed E-state index contributed by atoms with van der Waals surface area (Å²) in [6.07, 6.45) is 32.5. The molecule has 0 heterocycles. The Hall–Kier alpha value is -0.610. The van der Waals surface area contributed by atoms with E-state index >= 15 is 0 Å². The van der Waals surface area contributed by atoms with E-state index in [0.29, 0.717) is 6.61 Å². The fraction of sp³-hybridized carbons (Fsp3) is 0.977. The second-order valence-electron chi connectivity index (χ2n) is 18.0. The highest BCUT2D eigenvalue weighted by Crippen LogP contribution is 2.40. The van der Waals surface area contributed by atoms with Crippen LogP contribution < -0.4 is 0 Å². The van der Waals surface area contributed by atoms with E-state index in [9.17, 15) is 4.79 Å². The molecule has 0 saturated heterocycles. The second kappa shape index (κ2) is 27.1. The Morgan fingerprint density at radius 1 is 0.521 bits per heavy atom. The van der Waals surface area contributed by atoms with E-state index in [4.69, 9.17) is 14.2 Å². The van der Waals surface area contributed by atoms with E-state index in [2.05, 4.69) is 69.2 Å². The zero-order valence-electron chi connectivity index (χ0n) is 34.8. The summed E-state index contributed by atoms with van der Waals surface area (Å²) in [5, 5.41) is 0. The Labute approximate surface area is 302 Å². The van der Waals surface area contributed by atoms with Crippen molar-refractivity contribution in [2.24, 2.45) is 10.8 Å². The molecular weight excluding hydrogens is 592 g/mol. The van der Waals surface area contributed by atoms with Crippen LogP contribution in [-0.4, -0.2) is 37.0 Å². The van der Waals surface area contributed by atoms with Gasteiger partial charge >= 0.3 is 5.97 Å². The summed E-state index contributed by atoms with van der Waals surface area (Å²) in [4.78, 5) is 13.7. The molecule has 0 aromatic rings. The lowest BCUT2D eigenvalue weighted by Gasteiger charge is -2.37. The number of methoxy groups -OCH3 is 1. The minimum Gasteiger partial charge on any atom is -0.462 e. The second-order valence-corrected chi connectivity index (χ2v) is 18.0. The number of unbranched alkanes of at least 4 members (excludes halogenated alkanes) is 18. The summed E-state index contributed by atoms with van der Waals surface area (Å²) in [6.45, 7) is 22.7. The van der Waals surface area contributed by atoms with E-state index < -0.39 is 5.41 Å². The topological polar surface area (TPSA) is 44.8 Å². The third-order valence-electron chi connectivity index (χ3n) is 10.7. The minimum absolute atomic E-state index is 0.00274. The summed E-state index contributed by atoms with van der Waals surface area (Å²) in [6, 6.07) is 0. The fourth-order valence-electron chi connectivity index (χ4n) is 7.04. The van der Waals surface area contributed by atoms with Gasteiger partial charge in [-0.05, 0) is 98.3 Å². The van der Waals surface area contributed by atoms with Gasteiger partial charge in [0.2, 0.25) is 0 Å². The molecule has 0 saturated carbocycles. The summed E-state index contributed by atoms with van der Waals surface area (Å²) in [7, 11) is 1.76. The van der Waals surface area contributed by atoms with Crippen molar-refractivity contribution in [2.45, 2.75) is 253 Å². The number of hydrogen-bond acceptors (Lipinski definition) is 4. The van der Waals surface area contributed by atoms with E-state index in [1.165, 1.54) is 128 Å². The highest BCUT2D eigenvalue weighted by Gasteiger charge is 2.38. The van der Waals surface area contributed by atoms with E-state index in [1.54, 1.807) is 7.11 Å². The number of hydrogen-bond donors (Lipinski definition) is 0. The molecule has 0 spiro atoms. The third kappa shape index (κ3) is 27.2. The summed E-state index contributed by atoms with van der Waals surface area (Å²) in [5.41, 5.74) is -0.873. The fourth-order valence-corrected chi connectivity index (χ4v) is 7.04. The van der Waals surface area contributed by atoms with Crippen molar-refractivity contribution in [1.82, 2.24) is 0 Å². The van der Waals surface area contributed by atoms with Gasteiger partial charge < -0.3 is 14.2 Å². The zero-order chi connectivity index (χ0) is 36.4. The number of rotatable bonds is 34. The van der Waals surface area contributed by atoms with Gasteiger partial charge in [-0.25, -0.2) is 0 Å². The lowest BCUT2D eigenvalue weighted by molar-refractivity contribution is -0.162. The largest absolute Gasteiger partial charge is 0.462 e. The monoisotopic (exact) mass is 681 g/mol. The molecule has 0 radical (unpaired) electrons. The SMILES string of the molecule is CCCCCCCCCCCCC(CCCCCCCCCCCC)OC(=O)C(C)(C)CC(C)(C)CCC(C)(C)OCCC(C)(C)OC. The molecule has 0 N–H and O–H groups in total. The smallest absolute Gasteiger partial charge is 0.311 e. The third-order valence-corrected chi connectivity index (χ3v) is 10.7. The number of ether oxygens (including phenoxy) is 3. The number of carbonyl (C=O) groups is 1. The average Bonchev–Trinajstić information content (AvgIpc) is 3.01. The van der Waals surface area contributed by atoms with Gasteiger partial charge in [-0.15, -0.1) is 0 Å². The molecule has 0 fully saturated rings. The van der Waals surface area contributed by atoms with E-state index in [-0.39, 0.29) is 28.7 Å². The summed E-state index contributed by atoms with van der Waals surface area (Å²) >= 11 is 0. The summed E-state index contributed by atoms with van der Waals surface area (Å²) < 4.78 is 18.2.